The Bertz CT molecular complexity index is 268. The van der Waals surface area contributed by atoms with Gasteiger partial charge in [-0.05, 0) is 19.8 Å². The zero-order valence-electron chi connectivity index (χ0n) is 10.9. The van der Waals surface area contributed by atoms with Crippen LogP contribution in [-0.4, -0.2) is 64.8 Å². The molecule has 0 fully saturated rings. The van der Waals surface area contributed by atoms with Gasteiger partial charge in [0.05, 0.1) is 6.10 Å². The van der Waals surface area contributed by atoms with Gasteiger partial charge >= 0.3 is 12.0 Å². The van der Waals surface area contributed by atoms with Crippen molar-refractivity contribution >= 4 is 12.0 Å². The lowest BCUT2D eigenvalue weighted by Crippen LogP contribution is -2.48. The molecule has 0 rings (SSSR count). The molecule has 2 N–H and O–H groups in total. The summed E-state index contributed by atoms with van der Waals surface area (Å²) in [5.41, 5.74) is 0. The van der Waals surface area contributed by atoms with E-state index in [0.717, 1.165) is 0 Å². The molecule has 17 heavy (non-hydrogen) atoms. The number of aliphatic hydroxyl groups is 1. The quantitative estimate of drug-likeness (QED) is 0.719. The minimum absolute atomic E-state index is 0.347. The number of urea groups is 1. The third-order valence-electron chi connectivity index (χ3n) is 2.65. The smallest absolute Gasteiger partial charge is 0.326 e. The minimum Gasteiger partial charge on any atom is -0.480 e. The van der Waals surface area contributed by atoms with Crippen molar-refractivity contribution in [3.05, 3.63) is 0 Å². The fraction of sp³-hybridized carbons (Fsp3) is 0.818. The fourth-order valence-electron chi connectivity index (χ4n) is 1.49. The van der Waals surface area contributed by atoms with Crippen molar-refractivity contribution in [3.63, 3.8) is 0 Å². The molecule has 0 saturated heterocycles. The predicted octanol–water partition coefficient (Wildman–Crippen LogP) is 0.604. The highest BCUT2D eigenvalue weighted by Gasteiger charge is 2.26. The van der Waals surface area contributed by atoms with Crippen LogP contribution >= 0.6 is 0 Å². The summed E-state index contributed by atoms with van der Waals surface area (Å²) >= 11 is 0. The van der Waals surface area contributed by atoms with Crippen molar-refractivity contribution in [2.75, 3.05) is 20.6 Å². The molecule has 2 unspecified atom stereocenters. The fourth-order valence-corrected chi connectivity index (χ4v) is 1.49. The molecule has 0 aliphatic carbocycles. The second-order valence-electron chi connectivity index (χ2n) is 4.22. The van der Waals surface area contributed by atoms with E-state index in [0.29, 0.717) is 19.4 Å². The Morgan fingerprint density at radius 1 is 1.29 bits per heavy atom. The third-order valence-corrected chi connectivity index (χ3v) is 2.65. The lowest BCUT2D eigenvalue weighted by Gasteiger charge is -2.29. The summed E-state index contributed by atoms with van der Waals surface area (Å²) in [7, 11) is 3.07. The first-order chi connectivity index (χ1) is 7.81. The molecular weight excluding hydrogens is 224 g/mol. The maximum atomic E-state index is 11.9. The van der Waals surface area contributed by atoms with Gasteiger partial charge < -0.3 is 20.0 Å². The number of hydrogen-bond donors (Lipinski definition) is 2. The number of aliphatic carboxylic acids is 1. The lowest BCUT2D eigenvalue weighted by molar-refractivity contribution is -0.142. The molecule has 0 aromatic carbocycles. The first-order valence-electron chi connectivity index (χ1n) is 5.70. The van der Waals surface area contributed by atoms with E-state index in [1.165, 1.54) is 16.8 Å². The predicted molar refractivity (Wildman–Crippen MR) is 63.8 cm³/mol. The summed E-state index contributed by atoms with van der Waals surface area (Å²) in [6, 6.07) is -1.16. The van der Waals surface area contributed by atoms with E-state index in [2.05, 4.69) is 0 Å². The second kappa shape index (κ2) is 7.11. The van der Waals surface area contributed by atoms with Crippen LogP contribution in [0.2, 0.25) is 0 Å². The summed E-state index contributed by atoms with van der Waals surface area (Å²) < 4.78 is 0. The zero-order chi connectivity index (χ0) is 13.6. The monoisotopic (exact) mass is 246 g/mol. The number of likely N-dealkylation sites (N-methyl/N-ethyl adjacent to an activating group) is 1. The molecule has 0 aliphatic heterocycles. The molecule has 0 saturated carbocycles. The van der Waals surface area contributed by atoms with E-state index >= 15 is 0 Å². The van der Waals surface area contributed by atoms with Crippen LogP contribution in [0.25, 0.3) is 0 Å². The Hall–Kier alpha value is -1.30. The van der Waals surface area contributed by atoms with Gasteiger partial charge in [-0.3, -0.25) is 0 Å². The van der Waals surface area contributed by atoms with Gasteiger partial charge in [0.1, 0.15) is 6.04 Å². The summed E-state index contributed by atoms with van der Waals surface area (Å²) in [6.07, 6.45) is 0.360. The molecule has 0 heterocycles. The normalized spacial score (nSPS) is 13.9. The van der Waals surface area contributed by atoms with Gasteiger partial charge in [-0.1, -0.05) is 6.92 Å². The lowest BCUT2D eigenvalue weighted by atomic mass is 10.2. The second-order valence-corrected chi connectivity index (χ2v) is 4.22. The van der Waals surface area contributed by atoms with Gasteiger partial charge in [0.25, 0.3) is 0 Å². The Morgan fingerprint density at radius 3 is 2.18 bits per heavy atom. The third kappa shape index (κ3) is 5.04. The number of carboxylic acids is 1. The van der Waals surface area contributed by atoms with Crippen LogP contribution in [0.1, 0.15) is 26.7 Å². The number of carbonyl (C=O) groups is 2. The molecule has 0 spiro atoms. The molecule has 0 aromatic heterocycles. The van der Waals surface area contributed by atoms with Gasteiger partial charge in [-0.15, -0.1) is 0 Å². The van der Waals surface area contributed by atoms with Gasteiger partial charge in [-0.2, -0.15) is 0 Å². The Balaban J connectivity index is 4.41. The Morgan fingerprint density at radius 2 is 1.82 bits per heavy atom. The van der Waals surface area contributed by atoms with Gasteiger partial charge in [0, 0.05) is 20.6 Å². The van der Waals surface area contributed by atoms with Crippen LogP contribution in [0.15, 0.2) is 0 Å². The van der Waals surface area contributed by atoms with Crippen molar-refractivity contribution in [1.29, 1.82) is 0 Å². The molecular formula is C11H22N2O4. The van der Waals surface area contributed by atoms with E-state index in [1.54, 1.807) is 20.9 Å². The van der Waals surface area contributed by atoms with E-state index in [-0.39, 0.29) is 6.03 Å². The van der Waals surface area contributed by atoms with Crippen molar-refractivity contribution in [1.82, 2.24) is 9.80 Å². The molecule has 2 atom stereocenters. The molecule has 0 bridgehead atoms. The maximum Gasteiger partial charge on any atom is 0.326 e. The van der Waals surface area contributed by atoms with Gasteiger partial charge in [0.15, 0.2) is 0 Å². The molecule has 0 aromatic rings. The van der Waals surface area contributed by atoms with Crippen molar-refractivity contribution in [2.24, 2.45) is 0 Å². The first kappa shape index (κ1) is 15.7. The van der Waals surface area contributed by atoms with Crippen LogP contribution in [0.5, 0.6) is 0 Å². The van der Waals surface area contributed by atoms with E-state index < -0.39 is 18.1 Å². The van der Waals surface area contributed by atoms with E-state index in [9.17, 15) is 9.59 Å². The molecule has 100 valence electrons. The highest BCUT2D eigenvalue weighted by atomic mass is 16.4. The summed E-state index contributed by atoms with van der Waals surface area (Å²) in [5, 5.41) is 18.1. The topological polar surface area (TPSA) is 81.1 Å². The molecule has 0 radical (unpaired) electrons. The van der Waals surface area contributed by atoms with Gasteiger partial charge in [0.2, 0.25) is 0 Å². The largest absolute Gasteiger partial charge is 0.480 e. The van der Waals surface area contributed by atoms with Crippen molar-refractivity contribution in [2.45, 2.75) is 38.8 Å². The zero-order valence-corrected chi connectivity index (χ0v) is 10.9. The molecule has 0 aliphatic rings. The Labute approximate surface area is 102 Å². The number of carboxylic acid groups (broad SMARTS) is 1. The molecule has 6 heteroatoms. The summed E-state index contributed by atoms with van der Waals surface area (Å²) in [6.45, 7) is 3.77. The number of amides is 2. The molecule has 6 nitrogen and oxygen atoms in total. The standard InChI is InChI=1S/C11H22N2O4/c1-5-9(10(15)16)13(4)11(17)12(3)7-6-8(2)14/h8-9,14H,5-7H2,1-4H3,(H,15,16). The Kier molecular flexibility index (Phi) is 6.57. The average molecular weight is 246 g/mol. The number of aliphatic hydroxyl groups excluding tert-OH is 1. The average Bonchev–Trinajstić information content (AvgIpc) is 2.24. The maximum absolute atomic E-state index is 11.9. The summed E-state index contributed by atoms with van der Waals surface area (Å²) in [5.74, 6) is -1.01. The van der Waals surface area contributed by atoms with Crippen molar-refractivity contribution < 1.29 is 19.8 Å². The van der Waals surface area contributed by atoms with Crippen LogP contribution < -0.4 is 0 Å². The number of rotatable bonds is 6. The van der Waals surface area contributed by atoms with Crippen LogP contribution in [-0.2, 0) is 4.79 Å². The number of hydrogen-bond acceptors (Lipinski definition) is 3. The number of carbonyl (C=O) groups excluding carboxylic acids is 1. The SMILES string of the molecule is CCC(C(=O)O)N(C)C(=O)N(C)CCC(C)O. The molecule has 2 amide bonds. The first-order valence-corrected chi connectivity index (χ1v) is 5.70. The van der Waals surface area contributed by atoms with Crippen LogP contribution in [0, 0.1) is 0 Å². The highest BCUT2D eigenvalue weighted by molar-refractivity contribution is 5.82. The van der Waals surface area contributed by atoms with Gasteiger partial charge in [-0.25, -0.2) is 9.59 Å². The van der Waals surface area contributed by atoms with Crippen LogP contribution in [0.4, 0.5) is 4.79 Å². The van der Waals surface area contributed by atoms with E-state index in [1.807, 2.05) is 0 Å². The van der Waals surface area contributed by atoms with E-state index in [4.69, 9.17) is 10.2 Å². The number of nitrogens with zero attached hydrogens (tertiary/aromatic N) is 2. The highest BCUT2D eigenvalue weighted by Crippen LogP contribution is 2.06. The van der Waals surface area contributed by atoms with Crippen LogP contribution in [0.3, 0.4) is 0 Å². The summed E-state index contributed by atoms with van der Waals surface area (Å²) in [4.78, 5) is 25.4. The van der Waals surface area contributed by atoms with Crippen molar-refractivity contribution in [3.8, 4) is 0 Å². The minimum atomic E-state index is -1.01.